The fourth-order valence-corrected chi connectivity index (χ4v) is 7.14. The Hall–Kier alpha value is -1.02. The van der Waals surface area contributed by atoms with Gasteiger partial charge < -0.3 is 4.74 Å². The molecule has 0 aromatic heterocycles. The molecule has 0 aliphatic carbocycles. The molecule has 22 heavy (non-hydrogen) atoms. The minimum absolute atomic E-state index is 0.724. The Morgan fingerprint density at radius 1 is 1.14 bits per heavy atom. The number of unbranched alkanes of at least 4 members (excludes halogenated alkanes) is 1. The molecule has 0 atom stereocenters. The van der Waals surface area contributed by atoms with Gasteiger partial charge in [-0.1, -0.05) is 75.0 Å². The van der Waals surface area contributed by atoms with E-state index in [1.807, 2.05) is 0 Å². The van der Waals surface area contributed by atoms with Crippen molar-refractivity contribution < 1.29 is 4.74 Å². The number of allylic oxidation sites excluding steroid dienone is 1. The Kier molecular flexibility index (Phi) is 7.24. The molecule has 0 bridgehead atoms. The van der Waals surface area contributed by atoms with Crippen LogP contribution in [-0.2, 0) is 6.42 Å². The lowest BCUT2D eigenvalue weighted by Crippen LogP contribution is -2.30. The maximum absolute atomic E-state index is 6.12. The molecule has 2 heteroatoms. The van der Waals surface area contributed by atoms with Crippen LogP contribution < -0.4 is 9.92 Å². The van der Waals surface area contributed by atoms with Gasteiger partial charge in [-0.3, -0.25) is 0 Å². The molecule has 1 heterocycles. The smallest absolute Gasteiger partial charge is 0.123 e. The van der Waals surface area contributed by atoms with Crippen LogP contribution in [0, 0.1) is 0 Å². The number of ether oxygens (including phenoxy) is 1. The zero-order valence-electron chi connectivity index (χ0n) is 14.7. The van der Waals surface area contributed by atoms with Crippen LogP contribution in [0.15, 0.2) is 18.2 Å². The number of rotatable bonds is 8. The molecule has 0 unspecified atom stereocenters. The average Bonchev–Trinajstić information content (AvgIpc) is 3.05. The summed E-state index contributed by atoms with van der Waals surface area (Å²) in [7, 11) is -0.724. The largest absolute Gasteiger partial charge is 0.493 e. The molecule has 0 spiro atoms. The lowest BCUT2D eigenvalue weighted by molar-refractivity contribution is 0.306. The van der Waals surface area contributed by atoms with Crippen molar-refractivity contribution >= 4 is 20.1 Å². The van der Waals surface area contributed by atoms with E-state index in [4.69, 9.17) is 4.74 Å². The second-order valence-corrected chi connectivity index (χ2v) is 9.65. The zero-order chi connectivity index (χ0) is 15.8. The summed E-state index contributed by atoms with van der Waals surface area (Å²) in [6.45, 7) is 7.48. The van der Waals surface area contributed by atoms with Crippen LogP contribution in [0.2, 0.25) is 12.1 Å². The summed E-state index contributed by atoms with van der Waals surface area (Å²) in [5, 5.41) is 1.70. The third-order valence-electron chi connectivity index (χ3n) is 4.73. The Labute approximate surface area is 138 Å². The third kappa shape index (κ3) is 4.25. The van der Waals surface area contributed by atoms with Crippen LogP contribution in [0.3, 0.4) is 0 Å². The first kappa shape index (κ1) is 17.3. The quantitative estimate of drug-likeness (QED) is 0.480. The van der Waals surface area contributed by atoms with E-state index in [9.17, 15) is 0 Å². The van der Waals surface area contributed by atoms with E-state index in [0.717, 1.165) is 25.2 Å². The average molecular weight is 317 g/mol. The molecule has 0 saturated carbocycles. The van der Waals surface area contributed by atoms with Crippen molar-refractivity contribution in [2.75, 3.05) is 6.61 Å². The molecule has 0 amide bonds. The minimum Gasteiger partial charge on any atom is -0.493 e. The van der Waals surface area contributed by atoms with Gasteiger partial charge in [0.2, 0.25) is 0 Å². The normalized spacial score (nSPS) is 15.8. The standard InChI is InChI=1S/C20H32OSi/c1-4-7-14-21-19-12-13-20(22-15-8-9-16-22)18(11-6-3)17(19)10-5-2/h6,11-13,22H,4-5,7-10,14-16H2,1-3H3/b11-6-. The fourth-order valence-electron chi connectivity index (χ4n) is 3.59. The molecule has 1 aliphatic heterocycles. The first-order valence-electron chi connectivity index (χ1n) is 9.23. The highest BCUT2D eigenvalue weighted by atomic mass is 28.3. The molecule has 1 aromatic rings. The number of hydrogen-bond acceptors (Lipinski definition) is 1. The Morgan fingerprint density at radius 2 is 1.91 bits per heavy atom. The van der Waals surface area contributed by atoms with E-state index < -0.39 is 8.80 Å². The predicted octanol–water partition coefficient (Wildman–Crippen LogP) is 5.08. The van der Waals surface area contributed by atoms with Crippen molar-refractivity contribution in [1.82, 2.24) is 0 Å². The number of hydrogen-bond donors (Lipinski definition) is 0. The highest BCUT2D eigenvalue weighted by molar-refractivity contribution is 6.74. The zero-order valence-corrected chi connectivity index (χ0v) is 15.8. The molecule has 2 rings (SSSR count). The van der Waals surface area contributed by atoms with Crippen molar-refractivity contribution in [3.63, 3.8) is 0 Å². The van der Waals surface area contributed by atoms with Crippen LogP contribution in [0.25, 0.3) is 6.08 Å². The van der Waals surface area contributed by atoms with Crippen molar-refractivity contribution in [2.45, 2.75) is 71.4 Å². The van der Waals surface area contributed by atoms with E-state index in [-0.39, 0.29) is 0 Å². The van der Waals surface area contributed by atoms with Crippen LogP contribution >= 0.6 is 0 Å². The maximum Gasteiger partial charge on any atom is 0.123 e. The summed E-state index contributed by atoms with van der Waals surface area (Å²) in [6.07, 6.45) is 12.1. The lowest BCUT2D eigenvalue weighted by atomic mass is 10.0. The molecule has 1 saturated heterocycles. The lowest BCUT2D eigenvalue weighted by Gasteiger charge is -2.20. The van der Waals surface area contributed by atoms with Crippen LogP contribution in [0.5, 0.6) is 5.75 Å². The topological polar surface area (TPSA) is 9.23 Å². The van der Waals surface area contributed by atoms with Gasteiger partial charge in [-0.2, -0.15) is 0 Å². The highest BCUT2D eigenvalue weighted by Gasteiger charge is 2.23. The van der Waals surface area contributed by atoms with Crippen LogP contribution in [0.1, 0.15) is 64.0 Å². The van der Waals surface area contributed by atoms with E-state index >= 15 is 0 Å². The third-order valence-corrected chi connectivity index (χ3v) is 8.33. The molecule has 1 aromatic carbocycles. The predicted molar refractivity (Wildman–Crippen MR) is 101 cm³/mol. The Bertz CT molecular complexity index is 487. The van der Waals surface area contributed by atoms with Crippen LogP contribution in [-0.4, -0.2) is 15.4 Å². The summed E-state index contributed by atoms with van der Waals surface area (Å²) in [4.78, 5) is 0. The maximum atomic E-state index is 6.12. The van der Waals surface area contributed by atoms with Gasteiger partial charge in [0, 0.05) is 5.56 Å². The van der Waals surface area contributed by atoms with Gasteiger partial charge in [-0.05, 0) is 31.4 Å². The Balaban J connectivity index is 2.36. The van der Waals surface area contributed by atoms with E-state index in [0.29, 0.717) is 0 Å². The summed E-state index contributed by atoms with van der Waals surface area (Å²) < 4.78 is 6.12. The summed E-state index contributed by atoms with van der Waals surface area (Å²) >= 11 is 0. The van der Waals surface area contributed by atoms with Crippen molar-refractivity contribution in [2.24, 2.45) is 0 Å². The molecular weight excluding hydrogens is 284 g/mol. The number of benzene rings is 1. The molecule has 1 nitrogen and oxygen atoms in total. The van der Waals surface area contributed by atoms with Gasteiger partial charge in [0.1, 0.15) is 5.75 Å². The van der Waals surface area contributed by atoms with Gasteiger partial charge in [-0.25, -0.2) is 0 Å². The molecule has 1 fully saturated rings. The van der Waals surface area contributed by atoms with Gasteiger partial charge in [0.15, 0.2) is 0 Å². The van der Waals surface area contributed by atoms with Gasteiger partial charge in [-0.15, -0.1) is 0 Å². The summed E-state index contributed by atoms with van der Waals surface area (Å²) in [5.74, 6) is 1.14. The van der Waals surface area contributed by atoms with Crippen molar-refractivity contribution in [3.8, 4) is 5.75 Å². The minimum atomic E-state index is -0.724. The molecule has 0 radical (unpaired) electrons. The van der Waals surface area contributed by atoms with E-state index in [1.54, 1.807) is 5.19 Å². The van der Waals surface area contributed by atoms with Crippen molar-refractivity contribution in [3.05, 3.63) is 29.3 Å². The molecule has 122 valence electrons. The summed E-state index contributed by atoms with van der Waals surface area (Å²) in [6, 6.07) is 7.66. The van der Waals surface area contributed by atoms with Gasteiger partial charge in [0.25, 0.3) is 0 Å². The highest BCUT2D eigenvalue weighted by Crippen LogP contribution is 2.28. The second kappa shape index (κ2) is 9.19. The van der Waals surface area contributed by atoms with Gasteiger partial charge in [0.05, 0.1) is 15.4 Å². The first-order valence-corrected chi connectivity index (χ1v) is 11.4. The van der Waals surface area contributed by atoms with Crippen molar-refractivity contribution in [1.29, 1.82) is 0 Å². The molecule has 0 N–H and O–H groups in total. The monoisotopic (exact) mass is 316 g/mol. The first-order chi connectivity index (χ1) is 10.8. The van der Waals surface area contributed by atoms with Crippen LogP contribution in [0.4, 0.5) is 0 Å². The van der Waals surface area contributed by atoms with E-state index in [1.165, 1.54) is 48.9 Å². The second-order valence-electron chi connectivity index (χ2n) is 6.48. The molecule has 1 aliphatic rings. The fraction of sp³-hybridized carbons (Fsp3) is 0.600. The SMILES string of the molecule is C/C=C\c1c([SiH]2CCCC2)ccc(OCCCC)c1CCC. The molecular formula is C20H32OSi. The summed E-state index contributed by atoms with van der Waals surface area (Å²) in [5.41, 5.74) is 2.98. The van der Waals surface area contributed by atoms with E-state index in [2.05, 4.69) is 45.1 Å². The van der Waals surface area contributed by atoms with Gasteiger partial charge >= 0.3 is 0 Å². The Morgan fingerprint density at radius 3 is 2.55 bits per heavy atom.